The fourth-order valence-corrected chi connectivity index (χ4v) is 5.09. The molecular weight excluding hydrogens is 473 g/mol. The molecule has 0 unspecified atom stereocenters. The number of nitrogens with zero attached hydrogens (tertiary/aromatic N) is 1. The van der Waals surface area contributed by atoms with Crippen molar-refractivity contribution in [2.24, 2.45) is 0 Å². The zero-order valence-electron chi connectivity index (χ0n) is 19.2. The van der Waals surface area contributed by atoms with E-state index in [0.717, 1.165) is 0 Å². The molecule has 4 rings (SSSR count). The summed E-state index contributed by atoms with van der Waals surface area (Å²) in [5.41, 5.74) is 1.72. The van der Waals surface area contributed by atoms with Crippen LogP contribution in [0.4, 0.5) is 21.5 Å². The highest BCUT2D eigenvalue weighted by atomic mass is 32.2. The van der Waals surface area contributed by atoms with Gasteiger partial charge in [0, 0.05) is 24.5 Å². The zero-order valence-corrected chi connectivity index (χ0v) is 20.0. The lowest BCUT2D eigenvalue weighted by atomic mass is 10.1. The average molecular weight is 500 g/mol. The topological polar surface area (TPSA) is 97.0 Å². The maximum Gasteiger partial charge on any atom is 0.264 e. The normalized spacial score (nSPS) is 13.8. The van der Waals surface area contributed by atoms with Crippen molar-refractivity contribution in [3.05, 3.63) is 78.1 Å². The lowest BCUT2D eigenvalue weighted by Gasteiger charge is -2.30. The van der Waals surface area contributed by atoms with Crippen LogP contribution in [0.3, 0.4) is 0 Å². The summed E-state index contributed by atoms with van der Waals surface area (Å²) in [4.78, 5) is 14.5. The molecule has 1 fully saturated rings. The molecule has 2 N–H and O–H groups in total. The van der Waals surface area contributed by atoms with Crippen molar-refractivity contribution >= 4 is 33.0 Å². The minimum Gasteiger partial charge on any atom is -0.497 e. The number of hydrogen-bond donors (Lipinski definition) is 2. The van der Waals surface area contributed by atoms with Gasteiger partial charge in [-0.15, -0.1) is 0 Å². The number of halogens is 1. The lowest BCUT2D eigenvalue weighted by Crippen LogP contribution is -2.37. The summed E-state index contributed by atoms with van der Waals surface area (Å²) in [6.07, 6.45) is -0.0465. The van der Waals surface area contributed by atoms with Crippen LogP contribution in [-0.4, -0.2) is 47.7 Å². The highest BCUT2D eigenvalue weighted by Gasteiger charge is 2.24. The number of benzene rings is 3. The van der Waals surface area contributed by atoms with Crippen LogP contribution in [0.5, 0.6) is 5.75 Å². The number of sulfonamides is 1. The Bertz CT molecular complexity index is 1290. The summed E-state index contributed by atoms with van der Waals surface area (Å²) in [5.74, 6) is -0.214. The van der Waals surface area contributed by atoms with Crippen molar-refractivity contribution in [1.29, 1.82) is 0 Å². The number of hydrogen-bond acceptors (Lipinski definition) is 6. The molecule has 35 heavy (non-hydrogen) atoms. The Kier molecular flexibility index (Phi) is 7.52. The highest BCUT2D eigenvalue weighted by Crippen LogP contribution is 2.31. The summed E-state index contributed by atoms with van der Waals surface area (Å²) in [7, 11) is -2.48. The van der Waals surface area contributed by atoms with E-state index in [9.17, 15) is 17.6 Å². The fraction of sp³-hybridized carbons (Fsp3) is 0.240. The van der Waals surface area contributed by atoms with Gasteiger partial charge in [0.25, 0.3) is 10.0 Å². The molecule has 1 aliphatic rings. The molecule has 1 saturated heterocycles. The molecule has 1 aliphatic heterocycles. The van der Waals surface area contributed by atoms with Crippen LogP contribution in [0, 0.1) is 5.82 Å². The van der Waals surface area contributed by atoms with Gasteiger partial charge in [-0.1, -0.05) is 12.1 Å². The van der Waals surface area contributed by atoms with Gasteiger partial charge in [-0.05, 0) is 60.2 Å². The van der Waals surface area contributed by atoms with Crippen LogP contribution in [0.25, 0.3) is 0 Å². The second-order valence-corrected chi connectivity index (χ2v) is 9.62. The smallest absolute Gasteiger partial charge is 0.264 e. The minimum atomic E-state index is -4.01. The molecule has 3 aromatic carbocycles. The Hall–Kier alpha value is -3.63. The zero-order chi connectivity index (χ0) is 24.8. The molecule has 0 aliphatic carbocycles. The molecule has 1 amide bonds. The number of methoxy groups -OCH3 is 1. The van der Waals surface area contributed by atoms with Crippen LogP contribution in [0.15, 0.2) is 71.6 Å². The van der Waals surface area contributed by atoms with Gasteiger partial charge in [0.15, 0.2) is 0 Å². The Morgan fingerprint density at radius 2 is 1.74 bits per heavy atom. The third-order valence-electron chi connectivity index (χ3n) is 5.48. The number of rotatable bonds is 8. The van der Waals surface area contributed by atoms with Gasteiger partial charge in [0.05, 0.1) is 32.4 Å². The summed E-state index contributed by atoms with van der Waals surface area (Å²) in [5, 5.41) is 2.72. The van der Waals surface area contributed by atoms with E-state index in [1.807, 2.05) is 4.90 Å². The van der Waals surface area contributed by atoms with Crippen LogP contribution in [0.2, 0.25) is 0 Å². The number of carbonyl (C=O) groups is 1. The molecule has 0 spiro atoms. The molecule has 0 atom stereocenters. The maximum absolute atomic E-state index is 13.4. The summed E-state index contributed by atoms with van der Waals surface area (Å²) in [6, 6.07) is 17.1. The van der Waals surface area contributed by atoms with Gasteiger partial charge in [0.1, 0.15) is 16.5 Å². The molecule has 184 valence electrons. The molecule has 10 heteroatoms. The first-order valence-electron chi connectivity index (χ1n) is 11.0. The van der Waals surface area contributed by atoms with Crippen LogP contribution < -0.4 is 19.7 Å². The van der Waals surface area contributed by atoms with Gasteiger partial charge in [-0.2, -0.15) is 0 Å². The molecule has 0 radical (unpaired) electrons. The van der Waals surface area contributed by atoms with Crippen LogP contribution in [0.1, 0.15) is 5.56 Å². The van der Waals surface area contributed by atoms with Crippen LogP contribution in [-0.2, 0) is 26.0 Å². The lowest BCUT2D eigenvalue weighted by molar-refractivity contribution is -0.115. The van der Waals surface area contributed by atoms with E-state index >= 15 is 0 Å². The van der Waals surface area contributed by atoms with E-state index in [4.69, 9.17) is 9.47 Å². The summed E-state index contributed by atoms with van der Waals surface area (Å²) < 4.78 is 53.4. The van der Waals surface area contributed by atoms with E-state index < -0.39 is 15.8 Å². The first kappa shape index (κ1) is 24.5. The summed E-state index contributed by atoms with van der Waals surface area (Å²) in [6.45, 7) is 2.04. The predicted molar refractivity (Wildman–Crippen MR) is 132 cm³/mol. The number of amides is 1. The third-order valence-corrected chi connectivity index (χ3v) is 6.89. The summed E-state index contributed by atoms with van der Waals surface area (Å²) >= 11 is 0. The molecular formula is C25H26FN3O5S. The second kappa shape index (κ2) is 10.7. The Morgan fingerprint density at radius 3 is 2.43 bits per heavy atom. The SMILES string of the molecule is COc1ccc(NS(=O)(=O)c2cc(NC(=O)Cc3cccc(F)c3)ccc2N2CCOCC2)cc1. The van der Waals surface area contributed by atoms with Gasteiger partial charge >= 0.3 is 0 Å². The molecule has 0 bridgehead atoms. The fourth-order valence-electron chi connectivity index (χ4n) is 3.78. The van der Waals surface area contributed by atoms with Crippen molar-refractivity contribution in [3.63, 3.8) is 0 Å². The van der Waals surface area contributed by atoms with E-state index in [2.05, 4.69) is 10.0 Å². The van der Waals surface area contributed by atoms with E-state index in [-0.39, 0.29) is 17.2 Å². The number of morpholine rings is 1. The van der Waals surface area contributed by atoms with Gasteiger partial charge < -0.3 is 19.7 Å². The minimum absolute atomic E-state index is 0.0266. The molecule has 8 nitrogen and oxygen atoms in total. The van der Waals surface area contributed by atoms with Gasteiger partial charge in [-0.3, -0.25) is 9.52 Å². The standard InChI is InChI=1S/C25H26FN3O5S/c1-33-22-8-5-20(6-9-22)28-35(31,32)24-17-21(7-10-23(24)29-11-13-34-14-12-29)27-25(30)16-18-3-2-4-19(26)15-18/h2-10,15,17,28H,11-14,16H2,1H3,(H,27,30). The second-order valence-electron chi connectivity index (χ2n) is 7.97. The maximum atomic E-state index is 13.4. The molecule has 1 heterocycles. The Labute approximate surface area is 203 Å². The van der Waals surface area contributed by atoms with E-state index in [1.54, 1.807) is 42.5 Å². The quantitative estimate of drug-likeness (QED) is 0.491. The third kappa shape index (κ3) is 6.28. The highest BCUT2D eigenvalue weighted by molar-refractivity contribution is 7.92. The molecule has 3 aromatic rings. The van der Waals surface area contributed by atoms with Crippen molar-refractivity contribution in [2.45, 2.75) is 11.3 Å². The van der Waals surface area contributed by atoms with Crippen LogP contribution >= 0.6 is 0 Å². The monoisotopic (exact) mass is 499 g/mol. The van der Waals surface area contributed by atoms with Crippen molar-refractivity contribution < 1.29 is 27.1 Å². The average Bonchev–Trinajstić information content (AvgIpc) is 2.85. The number of nitrogens with one attached hydrogen (secondary N) is 2. The Balaban J connectivity index is 1.61. The largest absolute Gasteiger partial charge is 0.497 e. The molecule has 0 aromatic heterocycles. The first-order chi connectivity index (χ1) is 16.8. The van der Waals surface area contributed by atoms with E-state index in [1.165, 1.54) is 31.4 Å². The predicted octanol–water partition coefficient (Wildman–Crippen LogP) is 3.65. The number of ether oxygens (including phenoxy) is 2. The van der Waals surface area contributed by atoms with Crippen molar-refractivity contribution in [3.8, 4) is 5.75 Å². The van der Waals surface area contributed by atoms with Crippen molar-refractivity contribution in [2.75, 3.05) is 48.4 Å². The first-order valence-corrected chi connectivity index (χ1v) is 12.5. The molecule has 0 saturated carbocycles. The van der Waals surface area contributed by atoms with Gasteiger partial charge in [-0.25, -0.2) is 12.8 Å². The Morgan fingerprint density at radius 1 is 1.03 bits per heavy atom. The number of anilines is 3. The number of carbonyl (C=O) groups excluding carboxylic acids is 1. The van der Waals surface area contributed by atoms with E-state index in [0.29, 0.717) is 54.7 Å². The van der Waals surface area contributed by atoms with Gasteiger partial charge in [0.2, 0.25) is 5.91 Å². The van der Waals surface area contributed by atoms with Crippen molar-refractivity contribution in [1.82, 2.24) is 0 Å².